The standard InChI is InChI=1S/C15H26N4O3S/c1-9(2)8-11(18-12(20)10-4-3-5-16-10)13(21)19-14(22)15-17-6-7-23-15/h9-11,15-17H,3-8H2,1-2H3,(H,18,20)(H,19,21,22)/t10-,11-,15?/m0/s1. The maximum Gasteiger partial charge on any atom is 0.254 e. The molecular weight excluding hydrogens is 316 g/mol. The molecule has 2 saturated heterocycles. The molecule has 2 rings (SSSR count). The van der Waals surface area contributed by atoms with E-state index in [1.807, 2.05) is 13.8 Å². The number of amides is 3. The van der Waals surface area contributed by atoms with Crippen LogP contribution in [0.3, 0.4) is 0 Å². The third-order valence-electron chi connectivity index (χ3n) is 3.92. The molecule has 2 fully saturated rings. The average molecular weight is 342 g/mol. The molecule has 23 heavy (non-hydrogen) atoms. The van der Waals surface area contributed by atoms with Crippen molar-refractivity contribution in [2.24, 2.45) is 5.92 Å². The van der Waals surface area contributed by atoms with Crippen LogP contribution in [0.5, 0.6) is 0 Å². The number of thioether (sulfide) groups is 1. The Morgan fingerprint density at radius 1 is 1.17 bits per heavy atom. The fourth-order valence-electron chi connectivity index (χ4n) is 2.75. The number of carbonyl (C=O) groups is 3. The van der Waals surface area contributed by atoms with Gasteiger partial charge in [0.2, 0.25) is 11.8 Å². The van der Waals surface area contributed by atoms with Crippen molar-refractivity contribution in [3.8, 4) is 0 Å². The molecule has 3 atom stereocenters. The van der Waals surface area contributed by atoms with E-state index in [9.17, 15) is 14.4 Å². The van der Waals surface area contributed by atoms with Crippen molar-refractivity contribution in [2.75, 3.05) is 18.8 Å². The number of hydrogen-bond donors (Lipinski definition) is 4. The quantitative estimate of drug-likeness (QED) is 0.523. The van der Waals surface area contributed by atoms with E-state index in [0.717, 1.165) is 31.7 Å². The van der Waals surface area contributed by atoms with Gasteiger partial charge in [-0.2, -0.15) is 0 Å². The van der Waals surface area contributed by atoms with E-state index in [2.05, 4.69) is 21.3 Å². The molecule has 4 N–H and O–H groups in total. The topological polar surface area (TPSA) is 99.3 Å². The lowest BCUT2D eigenvalue weighted by atomic mass is 10.0. The summed E-state index contributed by atoms with van der Waals surface area (Å²) in [5.41, 5.74) is 0. The monoisotopic (exact) mass is 342 g/mol. The number of rotatable bonds is 6. The van der Waals surface area contributed by atoms with E-state index >= 15 is 0 Å². The highest BCUT2D eigenvalue weighted by molar-refractivity contribution is 8.00. The van der Waals surface area contributed by atoms with E-state index < -0.39 is 11.9 Å². The highest BCUT2D eigenvalue weighted by Crippen LogP contribution is 2.14. The van der Waals surface area contributed by atoms with Crippen LogP contribution in [-0.2, 0) is 14.4 Å². The molecule has 8 heteroatoms. The van der Waals surface area contributed by atoms with Crippen molar-refractivity contribution in [3.05, 3.63) is 0 Å². The minimum Gasteiger partial charge on any atom is -0.343 e. The van der Waals surface area contributed by atoms with Crippen molar-refractivity contribution < 1.29 is 14.4 Å². The lowest BCUT2D eigenvalue weighted by Crippen LogP contribution is -2.54. The summed E-state index contributed by atoms with van der Waals surface area (Å²) in [6.45, 7) is 5.55. The molecule has 0 aromatic rings. The van der Waals surface area contributed by atoms with Gasteiger partial charge in [0.1, 0.15) is 11.4 Å². The smallest absolute Gasteiger partial charge is 0.254 e. The second-order valence-corrected chi connectivity index (χ2v) is 7.61. The molecule has 0 bridgehead atoms. The summed E-state index contributed by atoms with van der Waals surface area (Å²) in [5, 5.41) is 11.0. The molecule has 0 aromatic heterocycles. The largest absolute Gasteiger partial charge is 0.343 e. The van der Waals surface area contributed by atoms with Crippen LogP contribution in [0.4, 0.5) is 0 Å². The Bertz CT molecular complexity index is 446. The second kappa shape index (κ2) is 8.65. The van der Waals surface area contributed by atoms with Crippen molar-refractivity contribution in [3.63, 3.8) is 0 Å². The zero-order valence-corrected chi connectivity index (χ0v) is 14.5. The predicted octanol–water partition coefficient (Wildman–Crippen LogP) is -0.425. The fourth-order valence-corrected chi connectivity index (χ4v) is 3.67. The molecule has 0 aliphatic carbocycles. The number of carbonyl (C=O) groups excluding carboxylic acids is 3. The first-order valence-electron chi connectivity index (χ1n) is 8.21. The molecular formula is C15H26N4O3S. The Kier molecular flexibility index (Phi) is 6.86. The summed E-state index contributed by atoms with van der Waals surface area (Å²) in [5.74, 6) is 0.163. The van der Waals surface area contributed by atoms with Crippen LogP contribution in [0.25, 0.3) is 0 Å². The average Bonchev–Trinajstić information content (AvgIpc) is 3.19. The SMILES string of the molecule is CC(C)C[C@H](NC(=O)[C@@H]1CCCN1)C(=O)NC(=O)C1NCCS1. The first-order chi connectivity index (χ1) is 11.0. The van der Waals surface area contributed by atoms with Crippen LogP contribution in [0.2, 0.25) is 0 Å². The normalized spacial score (nSPS) is 25.3. The number of imide groups is 1. The maximum atomic E-state index is 12.4. The molecule has 7 nitrogen and oxygen atoms in total. The van der Waals surface area contributed by atoms with Gasteiger partial charge in [0.05, 0.1) is 6.04 Å². The molecule has 2 aliphatic heterocycles. The highest BCUT2D eigenvalue weighted by Gasteiger charge is 2.30. The van der Waals surface area contributed by atoms with Gasteiger partial charge in [-0.3, -0.25) is 25.0 Å². The first kappa shape index (κ1) is 18.2. The van der Waals surface area contributed by atoms with Crippen LogP contribution >= 0.6 is 11.8 Å². The summed E-state index contributed by atoms with van der Waals surface area (Å²) in [4.78, 5) is 36.7. The van der Waals surface area contributed by atoms with Gasteiger partial charge in [0, 0.05) is 12.3 Å². The highest BCUT2D eigenvalue weighted by atomic mass is 32.2. The molecule has 2 heterocycles. The van der Waals surface area contributed by atoms with Crippen LogP contribution in [-0.4, -0.2) is 54.0 Å². The van der Waals surface area contributed by atoms with Gasteiger partial charge >= 0.3 is 0 Å². The van der Waals surface area contributed by atoms with Crippen LogP contribution in [0, 0.1) is 5.92 Å². The molecule has 0 saturated carbocycles. The Morgan fingerprint density at radius 3 is 2.52 bits per heavy atom. The van der Waals surface area contributed by atoms with Gasteiger partial charge < -0.3 is 10.6 Å². The molecule has 0 aromatic carbocycles. The van der Waals surface area contributed by atoms with Gasteiger partial charge in [-0.25, -0.2) is 0 Å². The number of nitrogens with one attached hydrogen (secondary N) is 4. The van der Waals surface area contributed by atoms with Crippen LogP contribution in [0.1, 0.15) is 33.1 Å². The van der Waals surface area contributed by atoms with E-state index in [-0.39, 0.29) is 29.1 Å². The van der Waals surface area contributed by atoms with E-state index in [4.69, 9.17) is 0 Å². The summed E-state index contributed by atoms with van der Waals surface area (Å²) in [6.07, 6.45) is 2.24. The van der Waals surface area contributed by atoms with Gasteiger partial charge in [-0.1, -0.05) is 13.8 Å². The van der Waals surface area contributed by atoms with E-state index in [1.54, 1.807) is 0 Å². The molecule has 0 radical (unpaired) electrons. The van der Waals surface area contributed by atoms with Gasteiger partial charge in [0.25, 0.3) is 5.91 Å². The summed E-state index contributed by atoms with van der Waals surface area (Å²) < 4.78 is 0. The third kappa shape index (κ3) is 5.47. The Morgan fingerprint density at radius 2 is 1.96 bits per heavy atom. The van der Waals surface area contributed by atoms with Crippen molar-refractivity contribution in [1.29, 1.82) is 0 Å². The van der Waals surface area contributed by atoms with E-state index in [0.29, 0.717) is 6.42 Å². The van der Waals surface area contributed by atoms with Crippen LogP contribution in [0.15, 0.2) is 0 Å². The lowest BCUT2D eigenvalue weighted by Gasteiger charge is -2.22. The molecule has 2 aliphatic rings. The summed E-state index contributed by atoms with van der Waals surface area (Å²) >= 11 is 1.48. The second-order valence-electron chi connectivity index (χ2n) is 6.40. The Hall–Kier alpha value is -1.12. The van der Waals surface area contributed by atoms with Crippen molar-refractivity contribution >= 4 is 29.5 Å². The van der Waals surface area contributed by atoms with Gasteiger partial charge in [-0.05, 0) is 31.7 Å². The minimum absolute atomic E-state index is 0.163. The van der Waals surface area contributed by atoms with Crippen molar-refractivity contribution in [2.45, 2.75) is 50.6 Å². The van der Waals surface area contributed by atoms with Crippen molar-refractivity contribution in [1.82, 2.24) is 21.3 Å². The lowest BCUT2D eigenvalue weighted by molar-refractivity contribution is -0.134. The van der Waals surface area contributed by atoms with Gasteiger partial charge in [0.15, 0.2) is 0 Å². The minimum atomic E-state index is -0.680. The molecule has 3 amide bonds. The van der Waals surface area contributed by atoms with Crippen LogP contribution < -0.4 is 21.3 Å². The molecule has 0 spiro atoms. The molecule has 1 unspecified atom stereocenters. The zero-order chi connectivity index (χ0) is 16.8. The molecule has 130 valence electrons. The predicted molar refractivity (Wildman–Crippen MR) is 89.8 cm³/mol. The fraction of sp³-hybridized carbons (Fsp3) is 0.800. The maximum absolute atomic E-state index is 12.4. The number of hydrogen-bond acceptors (Lipinski definition) is 6. The van der Waals surface area contributed by atoms with Gasteiger partial charge in [-0.15, -0.1) is 11.8 Å². The Labute approximate surface area is 141 Å². The first-order valence-corrected chi connectivity index (χ1v) is 9.25. The summed E-state index contributed by atoms with van der Waals surface area (Å²) in [7, 11) is 0. The zero-order valence-electron chi connectivity index (χ0n) is 13.7. The van der Waals surface area contributed by atoms with E-state index in [1.165, 1.54) is 11.8 Å². The third-order valence-corrected chi connectivity index (χ3v) is 5.07. The summed E-state index contributed by atoms with van der Waals surface area (Å²) in [6, 6.07) is -0.916. The Balaban J connectivity index is 1.91.